The van der Waals surface area contributed by atoms with Gasteiger partial charge in [0.2, 0.25) is 0 Å². The Morgan fingerprint density at radius 3 is 2.88 bits per heavy atom. The number of aliphatic hydroxyl groups excluding tert-OH is 1. The first-order chi connectivity index (χ1) is 7.84. The zero-order valence-corrected chi connectivity index (χ0v) is 8.64. The Morgan fingerprint density at radius 2 is 1.94 bits per heavy atom. The minimum absolute atomic E-state index is 0.269. The molecule has 1 aliphatic carbocycles. The third-order valence-corrected chi connectivity index (χ3v) is 2.77. The van der Waals surface area contributed by atoms with Gasteiger partial charge in [0.25, 0.3) is 0 Å². The average molecular weight is 209 g/mol. The molecule has 3 rings (SSSR count). The summed E-state index contributed by atoms with van der Waals surface area (Å²) in [4.78, 5) is 3.22. The van der Waals surface area contributed by atoms with Crippen LogP contribution >= 0.6 is 0 Å². The number of allylic oxidation sites excluding steroid dienone is 3. The highest BCUT2D eigenvalue weighted by Crippen LogP contribution is 2.25. The van der Waals surface area contributed by atoms with Gasteiger partial charge in [-0.15, -0.1) is 0 Å². The molecule has 1 aliphatic rings. The van der Waals surface area contributed by atoms with Crippen LogP contribution in [0.2, 0.25) is 0 Å². The number of fused-ring (bicyclic) bond motifs is 3. The van der Waals surface area contributed by atoms with Crippen molar-refractivity contribution in [2.45, 2.75) is 0 Å². The minimum Gasteiger partial charge on any atom is -0.508 e. The van der Waals surface area contributed by atoms with Crippen molar-refractivity contribution < 1.29 is 5.11 Å². The van der Waals surface area contributed by atoms with Crippen LogP contribution in [-0.4, -0.2) is 10.1 Å². The molecule has 2 N–H and O–H groups in total. The molecule has 0 spiro atoms. The fraction of sp³-hybridized carbons (Fsp3) is 0. The molecule has 0 aliphatic heterocycles. The number of aliphatic hydroxyl groups is 1. The Morgan fingerprint density at radius 1 is 1.00 bits per heavy atom. The van der Waals surface area contributed by atoms with E-state index >= 15 is 0 Å². The third-order valence-electron chi connectivity index (χ3n) is 2.77. The van der Waals surface area contributed by atoms with Gasteiger partial charge in [-0.1, -0.05) is 24.3 Å². The molecule has 0 fully saturated rings. The van der Waals surface area contributed by atoms with E-state index < -0.39 is 0 Å². The van der Waals surface area contributed by atoms with Crippen LogP contribution < -0.4 is 0 Å². The highest BCUT2D eigenvalue weighted by molar-refractivity contribution is 5.92. The summed E-state index contributed by atoms with van der Waals surface area (Å²) in [5, 5.41) is 10.7. The molecule has 0 unspecified atom stereocenters. The van der Waals surface area contributed by atoms with E-state index in [1.807, 2.05) is 30.5 Å². The maximum atomic E-state index is 9.48. The number of H-pyrrole nitrogens is 1. The Labute approximate surface area is 93.2 Å². The Bertz CT molecular complexity index is 629. The molecular weight excluding hydrogens is 198 g/mol. The van der Waals surface area contributed by atoms with Crippen molar-refractivity contribution in [3.8, 4) is 0 Å². The van der Waals surface area contributed by atoms with Gasteiger partial charge in [-0.25, -0.2) is 0 Å². The van der Waals surface area contributed by atoms with Crippen molar-refractivity contribution in [1.29, 1.82) is 0 Å². The lowest BCUT2D eigenvalue weighted by molar-refractivity contribution is 0.433. The summed E-state index contributed by atoms with van der Waals surface area (Å²) in [6.07, 6.45) is 11.1. The van der Waals surface area contributed by atoms with Gasteiger partial charge in [0.1, 0.15) is 5.76 Å². The van der Waals surface area contributed by atoms with Gasteiger partial charge in [0, 0.05) is 17.1 Å². The molecule has 16 heavy (non-hydrogen) atoms. The lowest BCUT2D eigenvalue weighted by Gasteiger charge is -2.05. The van der Waals surface area contributed by atoms with E-state index in [4.69, 9.17) is 0 Å². The van der Waals surface area contributed by atoms with Gasteiger partial charge in [-0.3, -0.25) is 0 Å². The molecule has 0 saturated carbocycles. The van der Waals surface area contributed by atoms with E-state index in [0.29, 0.717) is 0 Å². The molecular formula is C14H11NO. The second-order valence-electron chi connectivity index (χ2n) is 3.79. The van der Waals surface area contributed by atoms with Crippen molar-refractivity contribution in [3.63, 3.8) is 0 Å². The van der Waals surface area contributed by atoms with E-state index in [-0.39, 0.29) is 5.76 Å². The predicted molar refractivity (Wildman–Crippen MR) is 67.1 cm³/mol. The maximum Gasteiger partial charge on any atom is 0.115 e. The molecule has 1 aromatic heterocycles. The summed E-state index contributed by atoms with van der Waals surface area (Å²) in [7, 11) is 0. The van der Waals surface area contributed by atoms with E-state index in [2.05, 4.69) is 17.1 Å². The molecule has 1 heterocycles. The number of benzene rings is 1. The lowest BCUT2D eigenvalue weighted by Crippen LogP contribution is -1.86. The van der Waals surface area contributed by atoms with Crippen molar-refractivity contribution in [2.24, 2.45) is 0 Å². The first-order valence-electron chi connectivity index (χ1n) is 5.20. The number of hydrogen-bond acceptors (Lipinski definition) is 1. The SMILES string of the molecule is OC1=C/C=C\c2ccc3cc[nH]c3c2/C=C\1. The number of aromatic nitrogens is 1. The smallest absolute Gasteiger partial charge is 0.115 e. The van der Waals surface area contributed by atoms with Crippen LogP contribution in [0.25, 0.3) is 23.1 Å². The van der Waals surface area contributed by atoms with Crippen LogP contribution in [0.1, 0.15) is 11.1 Å². The van der Waals surface area contributed by atoms with Crippen LogP contribution in [0.5, 0.6) is 0 Å². The van der Waals surface area contributed by atoms with Crippen LogP contribution in [-0.2, 0) is 0 Å². The van der Waals surface area contributed by atoms with E-state index in [1.165, 1.54) is 5.39 Å². The van der Waals surface area contributed by atoms with E-state index in [9.17, 15) is 5.11 Å². The summed E-state index contributed by atoms with van der Waals surface area (Å²) < 4.78 is 0. The molecule has 2 heteroatoms. The van der Waals surface area contributed by atoms with E-state index in [1.54, 1.807) is 12.2 Å². The van der Waals surface area contributed by atoms with Gasteiger partial charge >= 0.3 is 0 Å². The highest BCUT2D eigenvalue weighted by atomic mass is 16.3. The molecule has 2 nitrogen and oxygen atoms in total. The van der Waals surface area contributed by atoms with Crippen molar-refractivity contribution in [3.05, 3.63) is 59.5 Å². The van der Waals surface area contributed by atoms with Gasteiger partial charge < -0.3 is 10.1 Å². The van der Waals surface area contributed by atoms with Crippen molar-refractivity contribution >= 4 is 23.1 Å². The second-order valence-corrected chi connectivity index (χ2v) is 3.79. The second kappa shape index (κ2) is 3.42. The Balaban J connectivity index is 2.33. The van der Waals surface area contributed by atoms with Crippen LogP contribution in [0.3, 0.4) is 0 Å². The van der Waals surface area contributed by atoms with Gasteiger partial charge in [-0.05, 0) is 29.9 Å². The number of aromatic amines is 1. The first-order valence-corrected chi connectivity index (χ1v) is 5.20. The van der Waals surface area contributed by atoms with Crippen molar-refractivity contribution in [2.75, 3.05) is 0 Å². The normalized spacial score (nSPS) is 21.6. The average Bonchev–Trinajstić information content (AvgIpc) is 2.72. The zero-order chi connectivity index (χ0) is 11.0. The zero-order valence-electron chi connectivity index (χ0n) is 8.64. The molecule has 0 bridgehead atoms. The minimum atomic E-state index is 0.269. The van der Waals surface area contributed by atoms with Crippen molar-refractivity contribution in [1.82, 2.24) is 4.98 Å². The molecule has 78 valence electrons. The third kappa shape index (κ3) is 1.36. The van der Waals surface area contributed by atoms with Crippen LogP contribution in [0.4, 0.5) is 0 Å². The molecule has 2 aromatic rings. The summed E-state index contributed by atoms with van der Waals surface area (Å²) in [6, 6.07) is 6.22. The monoisotopic (exact) mass is 209 g/mol. The standard InChI is InChI=1S/C14H11NO/c16-12-3-1-2-10-4-5-11-8-9-15-14(11)13(10)7-6-12/h1-9,15-16H/b2-1-,3-1?,7-6-,10-2?,12-3+,12-6?,13-7?. The first kappa shape index (κ1) is 9.04. The van der Waals surface area contributed by atoms with Gasteiger partial charge in [-0.2, -0.15) is 0 Å². The summed E-state index contributed by atoms with van der Waals surface area (Å²) >= 11 is 0. The number of nitrogens with one attached hydrogen (secondary N) is 1. The quantitative estimate of drug-likeness (QED) is 0.682. The largest absolute Gasteiger partial charge is 0.508 e. The number of hydrogen-bond donors (Lipinski definition) is 2. The Kier molecular flexibility index (Phi) is 1.93. The fourth-order valence-corrected chi connectivity index (χ4v) is 1.97. The van der Waals surface area contributed by atoms with Gasteiger partial charge in [0.15, 0.2) is 0 Å². The summed E-state index contributed by atoms with van der Waals surface area (Å²) in [6.45, 7) is 0. The van der Waals surface area contributed by atoms with E-state index in [0.717, 1.165) is 16.6 Å². The summed E-state index contributed by atoms with van der Waals surface area (Å²) in [5.74, 6) is 0.269. The summed E-state index contributed by atoms with van der Waals surface area (Å²) in [5.41, 5.74) is 3.36. The fourth-order valence-electron chi connectivity index (χ4n) is 1.97. The molecule has 1 aromatic carbocycles. The van der Waals surface area contributed by atoms with Crippen LogP contribution in [0, 0.1) is 0 Å². The molecule has 0 atom stereocenters. The molecule has 0 saturated heterocycles. The maximum absolute atomic E-state index is 9.48. The molecule has 0 radical (unpaired) electrons. The molecule has 0 amide bonds. The topological polar surface area (TPSA) is 36.0 Å². The van der Waals surface area contributed by atoms with Gasteiger partial charge in [0.05, 0.1) is 5.52 Å². The predicted octanol–water partition coefficient (Wildman–Crippen LogP) is 3.65. The Hall–Kier alpha value is -2.22. The number of rotatable bonds is 0. The highest BCUT2D eigenvalue weighted by Gasteiger charge is 2.05. The lowest BCUT2D eigenvalue weighted by atomic mass is 10.0. The van der Waals surface area contributed by atoms with Crippen LogP contribution in [0.15, 0.2) is 48.4 Å².